The number of hydrogen-bond acceptors (Lipinski definition) is 4. The molecule has 2 aromatic rings. The van der Waals surface area contributed by atoms with Crippen molar-refractivity contribution in [3.63, 3.8) is 0 Å². The Balaban J connectivity index is 1.96. The number of anilines is 1. The fourth-order valence-electron chi connectivity index (χ4n) is 2.79. The quantitative estimate of drug-likeness (QED) is 0.871. The van der Waals surface area contributed by atoms with E-state index in [0.717, 1.165) is 24.6 Å². The molecule has 5 nitrogen and oxygen atoms in total. The van der Waals surface area contributed by atoms with E-state index in [0.29, 0.717) is 11.6 Å². The third-order valence-corrected chi connectivity index (χ3v) is 3.81. The fourth-order valence-corrected chi connectivity index (χ4v) is 2.79. The molecule has 1 unspecified atom stereocenters. The van der Waals surface area contributed by atoms with Gasteiger partial charge < -0.3 is 10.6 Å². The molecule has 1 fully saturated rings. The average molecular weight is 245 g/mol. The third-order valence-electron chi connectivity index (χ3n) is 3.81. The van der Waals surface area contributed by atoms with Crippen molar-refractivity contribution in [1.29, 1.82) is 0 Å². The molecule has 5 heteroatoms. The van der Waals surface area contributed by atoms with E-state index in [9.17, 15) is 0 Å². The number of rotatable bonds is 2. The van der Waals surface area contributed by atoms with Crippen LogP contribution >= 0.6 is 0 Å². The third kappa shape index (κ3) is 1.84. The average Bonchev–Trinajstić information content (AvgIpc) is 2.84. The molecular weight excluding hydrogens is 226 g/mol. The Hall–Kier alpha value is -1.62. The lowest BCUT2D eigenvalue weighted by Crippen LogP contribution is -2.34. The van der Waals surface area contributed by atoms with Crippen molar-refractivity contribution in [2.75, 3.05) is 25.4 Å². The van der Waals surface area contributed by atoms with Crippen LogP contribution in [0.1, 0.15) is 31.5 Å². The molecule has 0 spiro atoms. The summed E-state index contributed by atoms with van der Waals surface area (Å²) in [7, 11) is 0. The summed E-state index contributed by atoms with van der Waals surface area (Å²) in [6, 6.07) is 3.82. The predicted molar refractivity (Wildman–Crippen MR) is 71.5 cm³/mol. The van der Waals surface area contributed by atoms with Crippen LogP contribution in [-0.2, 0) is 0 Å². The summed E-state index contributed by atoms with van der Waals surface area (Å²) in [6.45, 7) is 5.59. The van der Waals surface area contributed by atoms with Gasteiger partial charge in [-0.3, -0.25) is 4.40 Å². The second kappa shape index (κ2) is 4.57. The van der Waals surface area contributed by atoms with Gasteiger partial charge >= 0.3 is 0 Å². The molecule has 3 rings (SSSR count). The highest BCUT2D eigenvalue weighted by Gasteiger charge is 2.24. The zero-order chi connectivity index (χ0) is 12.5. The number of pyridine rings is 1. The van der Waals surface area contributed by atoms with Crippen LogP contribution in [0.25, 0.3) is 5.65 Å². The largest absolute Gasteiger partial charge is 0.396 e. The van der Waals surface area contributed by atoms with Crippen LogP contribution in [0.2, 0.25) is 0 Å². The Kier molecular flexibility index (Phi) is 2.91. The number of likely N-dealkylation sites (N-methyl/N-ethyl adjacent to an activating group) is 1. The minimum Gasteiger partial charge on any atom is -0.396 e. The van der Waals surface area contributed by atoms with Crippen molar-refractivity contribution < 1.29 is 0 Å². The van der Waals surface area contributed by atoms with E-state index >= 15 is 0 Å². The topological polar surface area (TPSA) is 59.5 Å². The first kappa shape index (κ1) is 11.5. The van der Waals surface area contributed by atoms with Crippen LogP contribution in [0.3, 0.4) is 0 Å². The van der Waals surface area contributed by atoms with Crippen LogP contribution in [0.4, 0.5) is 5.69 Å². The van der Waals surface area contributed by atoms with Gasteiger partial charge in [0.2, 0.25) is 0 Å². The number of aromatic nitrogens is 3. The van der Waals surface area contributed by atoms with Gasteiger partial charge in [-0.2, -0.15) is 0 Å². The summed E-state index contributed by atoms with van der Waals surface area (Å²) in [5.74, 6) is 1.52. The number of nitrogen functional groups attached to an aromatic ring is 1. The Labute approximate surface area is 107 Å². The van der Waals surface area contributed by atoms with E-state index in [1.54, 1.807) is 0 Å². The van der Waals surface area contributed by atoms with Crippen molar-refractivity contribution in [3.8, 4) is 0 Å². The van der Waals surface area contributed by atoms with Gasteiger partial charge in [0.15, 0.2) is 5.65 Å². The standard InChI is InChI=1S/C13H19N5/c1-2-17-7-3-5-10(9-17)12-15-16-13-11(14)6-4-8-18(12)13/h4,6,8,10H,2-3,5,7,9,14H2,1H3. The minimum absolute atomic E-state index is 0.468. The smallest absolute Gasteiger partial charge is 0.183 e. The predicted octanol–water partition coefficient (Wildman–Crippen LogP) is 1.51. The van der Waals surface area contributed by atoms with Gasteiger partial charge in [0, 0.05) is 18.7 Å². The molecule has 1 atom stereocenters. The molecule has 0 aromatic carbocycles. The van der Waals surface area contributed by atoms with Crippen molar-refractivity contribution in [3.05, 3.63) is 24.2 Å². The molecule has 1 aliphatic heterocycles. The second-order valence-electron chi connectivity index (χ2n) is 4.95. The number of fused-ring (bicyclic) bond motifs is 1. The Morgan fingerprint density at radius 3 is 3.17 bits per heavy atom. The highest BCUT2D eigenvalue weighted by Crippen LogP contribution is 2.26. The first-order chi connectivity index (χ1) is 8.79. The van der Waals surface area contributed by atoms with Gasteiger partial charge in [-0.1, -0.05) is 6.92 Å². The summed E-state index contributed by atoms with van der Waals surface area (Å²) in [5.41, 5.74) is 7.39. The van der Waals surface area contributed by atoms with E-state index in [4.69, 9.17) is 5.73 Å². The molecular formula is C13H19N5. The van der Waals surface area contributed by atoms with Gasteiger partial charge in [0.05, 0.1) is 5.69 Å². The van der Waals surface area contributed by atoms with Crippen LogP contribution in [0, 0.1) is 0 Å². The maximum Gasteiger partial charge on any atom is 0.183 e. The Morgan fingerprint density at radius 2 is 2.33 bits per heavy atom. The lowest BCUT2D eigenvalue weighted by molar-refractivity contribution is 0.213. The highest BCUT2D eigenvalue weighted by atomic mass is 15.3. The van der Waals surface area contributed by atoms with E-state index in [1.165, 1.54) is 19.4 Å². The summed E-state index contributed by atoms with van der Waals surface area (Å²) >= 11 is 0. The Morgan fingerprint density at radius 1 is 1.44 bits per heavy atom. The summed E-state index contributed by atoms with van der Waals surface area (Å²) in [6.07, 6.45) is 4.42. The minimum atomic E-state index is 0.468. The maximum atomic E-state index is 5.92. The summed E-state index contributed by atoms with van der Waals surface area (Å²) in [5, 5.41) is 8.57. The highest BCUT2D eigenvalue weighted by molar-refractivity contribution is 5.63. The van der Waals surface area contributed by atoms with Crippen molar-refractivity contribution >= 4 is 11.3 Å². The molecule has 2 N–H and O–H groups in total. The molecule has 0 aliphatic carbocycles. The Bertz CT molecular complexity index is 547. The van der Waals surface area contributed by atoms with E-state index in [2.05, 4.69) is 22.0 Å². The SMILES string of the molecule is CCN1CCCC(c2nnc3c(N)cccn23)C1. The lowest BCUT2D eigenvalue weighted by Gasteiger charge is -2.30. The van der Waals surface area contributed by atoms with Gasteiger partial charge in [0.1, 0.15) is 5.82 Å². The first-order valence-corrected chi connectivity index (χ1v) is 6.61. The van der Waals surface area contributed by atoms with E-state index in [-0.39, 0.29) is 0 Å². The number of piperidine rings is 1. The van der Waals surface area contributed by atoms with Crippen molar-refractivity contribution in [2.24, 2.45) is 0 Å². The molecule has 1 aliphatic rings. The van der Waals surface area contributed by atoms with Crippen molar-refractivity contribution in [1.82, 2.24) is 19.5 Å². The maximum absolute atomic E-state index is 5.92. The van der Waals surface area contributed by atoms with Crippen LogP contribution in [0.5, 0.6) is 0 Å². The van der Waals surface area contributed by atoms with Gasteiger partial charge in [-0.15, -0.1) is 10.2 Å². The molecule has 0 saturated carbocycles. The van der Waals surface area contributed by atoms with Crippen LogP contribution in [0.15, 0.2) is 18.3 Å². The zero-order valence-corrected chi connectivity index (χ0v) is 10.7. The van der Waals surface area contributed by atoms with Crippen LogP contribution in [-0.4, -0.2) is 39.1 Å². The van der Waals surface area contributed by atoms with E-state index in [1.807, 2.05) is 22.7 Å². The van der Waals surface area contributed by atoms with E-state index < -0.39 is 0 Å². The first-order valence-electron chi connectivity index (χ1n) is 6.61. The summed E-state index contributed by atoms with van der Waals surface area (Å²) < 4.78 is 2.04. The lowest BCUT2D eigenvalue weighted by atomic mass is 9.97. The molecule has 2 aromatic heterocycles. The molecule has 0 bridgehead atoms. The number of likely N-dealkylation sites (tertiary alicyclic amines) is 1. The molecule has 96 valence electrons. The monoisotopic (exact) mass is 245 g/mol. The van der Waals surface area contributed by atoms with Gasteiger partial charge in [-0.05, 0) is 38.1 Å². The second-order valence-corrected chi connectivity index (χ2v) is 4.95. The van der Waals surface area contributed by atoms with Gasteiger partial charge in [0.25, 0.3) is 0 Å². The van der Waals surface area contributed by atoms with Gasteiger partial charge in [-0.25, -0.2) is 0 Å². The molecule has 1 saturated heterocycles. The normalized spacial score (nSPS) is 21.5. The fraction of sp³-hybridized carbons (Fsp3) is 0.538. The molecule has 0 amide bonds. The number of nitrogens with zero attached hydrogens (tertiary/aromatic N) is 4. The van der Waals surface area contributed by atoms with Crippen molar-refractivity contribution in [2.45, 2.75) is 25.7 Å². The number of hydrogen-bond donors (Lipinski definition) is 1. The zero-order valence-electron chi connectivity index (χ0n) is 10.7. The molecule has 3 heterocycles. The number of nitrogens with two attached hydrogens (primary N) is 1. The molecule has 18 heavy (non-hydrogen) atoms. The van der Waals surface area contributed by atoms with Crippen LogP contribution < -0.4 is 5.73 Å². The summed E-state index contributed by atoms with van der Waals surface area (Å²) in [4.78, 5) is 2.47. The molecule has 0 radical (unpaired) electrons.